The van der Waals surface area contributed by atoms with Crippen LogP contribution in [0.25, 0.3) is 0 Å². The molecule has 3 nitrogen and oxygen atoms in total. The second-order valence-corrected chi connectivity index (χ2v) is 5.17. The van der Waals surface area contributed by atoms with Gasteiger partial charge < -0.3 is 0 Å². The maximum atomic E-state index is 6.13. The topological polar surface area (TPSA) is 30.7 Å². The number of rotatable bonds is 6. The number of halogens is 1. The summed E-state index contributed by atoms with van der Waals surface area (Å²) in [5.74, 6) is 1.91. The van der Waals surface area contributed by atoms with Gasteiger partial charge in [-0.05, 0) is 18.9 Å². The zero-order valence-corrected chi connectivity index (χ0v) is 12.3. The number of nitrogens with zero attached hydrogens (tertiary/aromatic N) is 3. The van der Waals surface area contributed by atoms with Crippen molar-refractivity contribution < 1.29 is 0 Å². The van der Waals surface area contributed by atoms with Gasteiger partial charge in [0.15, 0.2) is 0 Å². The average Bonchev–Trinajstić information content (AvgIpc) is 2.85. The van der Waals surface area contributed by atoms with Gasteiger partial charge in [0.05, 0.1) is 0 Å². The molecular weight excluding hydrogens is 258 g/mol. The molecule has 0 aliphatic heterocycles. The number of aromatic nitrogens is 3. The van der Waals surface area contributed by atoms with Crippen LogP contribution in [-0.4, -0.2) is 20.6 Å². The lowest BCUT2D eigenvalue weighted by molar-refractivity contribution is 0.554. The summed E-state index contributed by atoms with van der Waals surface area (Å²) in [6.07, 6.45) is 3.53. The van der Waals surface area contributed by atoms with Crippen LogP contribution in [0.2, 0.25) is 0 Å². The molecule has 0 amide bonds. The third-order valence-corrected chi connectivity index (χ3v) is 3.67. The third-order valence-electron chi connectivity index (χ3n) is 3.30. The molecule has 2 aromatic rings. The van der Waals surface area contributed by atoms with Gasteiger partial charge in [0.1, 0.15) is 12.2 Å². The molecule has 1 aromatic heterocycles. The standard InChI is InChI=1S/C15H20ClN3/c1-3-8-19-15(17-11-18-19)9-14(10-16)13-6-4-12(2)5-7-13/h4-7,11,14H,3,8-10H2,1-2H3. The van der Waals surface area contributed by atoms with Crippen molar-refractivity contribution >= 4 is 11.6 Å². The highest BCUT2D eigenvalue weighted by Crippen LogP contribution is 2.22. The molecule has 1 aromatic carbocycles. The summed E-state index contributed by atoms with van der Waals surface area (Å²) in [6.45, 7) is 5.15. The van der Waals surface area contributed by atoms with Crippen LogP contribution in [0.4, 0.5) is 0 Å². The molecule has 1 atom stereocenters. The molecule has 0 spiro atoms. The normalized spacial score (nSPS) is 12.6. The first kappa shape index (κ1) is 14.1. The molecule has 0 saturated carbocycles. The Labute approximate surface area is 119 Å². The molecule has 0 fully saturated rings. The fraction of sp³-hybridized carbons (Fsp3) is 0.467. The van der Waals surface area contributed by atoms with E-state index in [4.69, 9.17) is 11.6 Å². The summed E-state index contributed by atoms with van der Waals surface area (Å²) in [5.41, 5.74) is 2.54. The minimum absolute atomic E-state index is 0.294. The number of hydrogen-bond donors (Lipinski definition) is 0. The second kappa shape index (κ2) is 6.71. The number of aryl methyl sites for hydroxylation is 2. The summed E-state index contributed by atoms with van der Waals surface area (Å²) in [5, 5.41) is 4.26. The molecular formula is C15H20ClN3. The molecule has 0 N–H and O–H groups in total. The van der Waals surface area contributed by atoms with Crippen LogP contribution in [0.15, 0.2) is 30.6 Å². The van der Waals surface area contributed by atoms with Gasteiger partial charge in [0.2, 0.25) is 0 Å². The Bertz CT molecular complexity index is 504. The van der Waals surface area contributed by atoms with Gasteiger partial charge in [0, 0.05) is 24.8 Å². The minimum atomic E-state index is 0.294. The van der Waals surface area contributed by atoms with Crippen molar-refractivity contribution in [3.63, 3.8) is 0 Å². The molecule has 1 heterocycles. The summed E-state index contributed by atoms with van der Waals surface area (Å²) in [6, 6.07) is 8.57. The van der Waals surface area contributed by atoms with Crippen LogP contribution in [0.5, 0.6) is 0 Å². The van der Waals surface area contributed by atoms with Gasteiger partial charge in [-0.1, -0.05) is 36.8 Å². The number of alkyl halides is 1. The first-order valence-corrected chi connectivity index (χ1v) is 7.27. The van der Waals surface area contributed by atoms with Crippen LogP contribution in [0.1, 0.15) is 36.2 Å². The Balaban J connectivity index is 2.14. The Morgan fingerprint density at radius 1 is 1.26 bits per heavy atom. The molecule has 0 aliphatic carbocycles. The molecule has 4 heteroatoms. The third kappa shape index (κ3) is 3.57. The smallest absolute Gasteiger partial charge is 0.138 e. The van der Waals surface area contributed by atoms with E-state index < -0.39 is 0 Å². The quantitative estimate of drug-likeness (QED) is 0.756. The second-order valence-electron chi connectivity index (χ2n) is 4.87. The molecule has 102 valence electrons. The fourth-order valence-corrected chi connectivity index (χ4v) is 2.45. The SMILES string of the molecule is CCCn1ncnc1CC(CCl)c1ccc(C)cc1. The van der Waals surface area contributed by atoms with E-state index in [-0.39, 0.29) is 0 Å². The van der Waals surface area contributed by atoms with Gasteiger partial charge in [-0.2, -0.15) is 5.10 Å². The Morgan fingerprint density at radius 3 is 2.63 bits per heavy atom. The van der Waals surface area contributed by atoms with Crippen LogP contribution in [0.3, 0.4) is 0 Å². The predicted molar refractivity (Wildman–Crippen MR) is 78.7 cm³/mol. The monoisotopic (exact) mass is 277 g/mol. The summed E-state index contributed by atoms with van der Waals surface area (Å²) in [4.78, 5) is 4.36. The van der Waals surface area contributed by atoms with Crippen molar-refractivity contribution in [2.24, 2.45) is 0 Å². The van der Waals surface area contributed by atoms with Crippen LogP contribution >= 0.6 is 11.6 Å². The van der Waals surface area contributed by atoms with Gasteiger partial charge in [-0.15, -0.1) is 11.6 Å². The van der Waals surface area contributed by atoms with Crippen LogP contribution in [-0.2, 0) is 13.0 Å². The van der Waals surface area contributed by atoms with Crippen molar-refractivity contribution in [2.75, 3.05) is 5.88 Å². The largest absolute Gasteiger partial charge is 0.250 e. The molecule has 0 radical (unpaired) electrons. The van der Waals surface area contributed by atoms with Gasteiger partial charge >= 0.3 is 0 Å². The van der Waals surface area contributed by atoms with Crippen molar-refractivity contribution in [3.8, 4) is 0 Å². The molecule has 0 aliphatic rings. The fourth-order valence-electron chi connectivity index (χ4n) is 2.17. The van der Waals surface area contributed by atoms with Crippen LogP contribution in [0, 0.1) is 6.92 Å². The lowest BCUT2D eigenvalue weighted by Gasteiger charge is -2.14. The van der Waals surface area contributed by atoms with Gasteiger partial charge in [-0.3, -0.25) is 4.68 Å². The predicted octanol–water partition coefficient (Wildman–Crippen LogP) is 3.56. The molecule has 19 heavy (non-hydrogen) atoms. The molecule has 0 saturated heterocycles. The van der Waals surface area contributed by atoms with E-state index in [1.54, 1.807) is 6.33 Å². The van der Waals surface area contributed by atoms with E-state index in [9.17, 15) is 0 Å². The summed E-state index contributed by atoms with van der Waals surface area (Å²) in [7, 11) is 0. The average molecular weight is 278 g/mol. The number of benzene rings is 1. The van der Waals surface area contributed by atoms with E-state index in [2.05, 4.69) is 48.2 Å². The van der Waals surface area contributed by atoms with Crippen molar-refractivity contribution in [1.29, 1.82) is 0 Å². The lowest BCUT2D eigenvalue weighted by Crippen LogP contribution is -2.11. The van der Waals surface area contributed by atoms with Gasteiger partial charge in [-0.25, -0.2) is 4.98 Å². The summed E-state index contributed by atoms with van der Waals surface area (Å²) < 4.78 is 1.98. The highest BCUT2D eigenvalue weighted by atomic mass is 35.5. The van der Waals surface area contributed by atoms with E-state index in [0.29, 0.717) is 11.8 Å². The van der Waals surface area contributed by atoms with Crippen molar-refractivity contribution in [2.45, 2.75) is 39.2 Å². The van der Waals surface area contributed by atoms with E-state index >= 15 is 0 Å². The Hall–Kier alpha value is -1.35. The summed E-state index contributed by atoms with van der Waals surface area (Å²) >= 11 is 6.13. The maximum absolute atomic E-state index is 6.13. The van der Waals surface area contributed by atoms with Crippen molar-refractivity contribution in [3.05, 3.63) is 47.5 Å². The van der Waals surface area contributed by atoms with Crippen LogP contribution < -0.4 is 0 Å². The zero-order valence-electron chi connectivity index (χ0n) is 11.5. The lowest BCUT2D eigenvalue weighted by atomic mass is 9.96. The molecule has 2 rings (SSSR count). The number of hydrogen-bond acceptors (Lipinski definition) is 2. The van der Waals surface area contributed by atoms with E-state index in [1.807, 2.05) is 4.68 Å². The highest BCUT2D eigenvalue weighted by Gasteiger charge is 2.15. The molecule has 1 unspecified atom stereocenters. The Morgan fingerprint density at radius 2 is 2.00 bits per heavy atom. The first-order valence-electron chi connectivity index (χ1n) is 6.73. The van der Waals surface area contributed by atoms with E-state index in [0.717, 1.165) is 25.2 Å². The Kier molecular flexibility index (Phi) is 4.97. The van der Waals surface area contributed by atoms with Gasteiger partial charge in [0.25, 0.3) is 0 Å². The highest BCUT2D eigenvalue weighted by molar-refractivity contribution is 6.18. The van der Waals surface area contributed by atoms with Crippen molar-refractivity contribution in [1.82, 2.24) is 14.8 Å². The minimum Gasteiger partial charge on any atom is -0.250 e. The zero-order chi connectivity index (χ0) is 13.7. The van der Waals surface area contributed by atoms with E-state index in [1.165, 1.54) is 11.1 Å². The molecule has 0 bridgehead atoms. The maximum Gasteiger partial charge on any atom is 0.138 e. The first-order chi connectivity index (χ1) is 9.24.